The van der Waals surface area contributed by atoms with Crippen molar-refractivity contribution in [3.63, 3.8) is 0 Å². The molecule has 1 atom stereocenters. The Balaban J connectivity index is 1.92. The van der Waals surface area contributed by atoms with Gasteiger partial charge in [-0.2, -0.15) is 0 Å². The second kappa shape index (κ2) is 6.14. The van der Waals surface area contributed by atoms with E-state index in [0.29, 0.717) is 12.2 Å². The first-order chi connectivity index (χ1) is 9.16. The van der Waals surface area contributed by atoms with Crippen LogP contribution in [0.4, 0.5) is 0 Å². The van der Waals surface area contributed by atoms with E-state index in [1.807, 2.05) is 44.2 Å². The molecule has 98 valence electrons. The molecule has 0 aliphatic rings. The number of rotatable bonds is 4. The molecule has 1 aromatic carbocycles. The fourth-order valence-corrected chi connectivity index (χ4v) is 1.73. The molecule has 0 saturated heterocycles. The van der Waals surface area contributed by atoms with Crippen LogP contribution in [0.1, 0.15) is 34.5 Å². The van der Waals surface area contributed by atoms with Crippen molar-refractivity contribution in [3.8, 4) is 0 Å². The highest BCUT2D eigenvalue weighted by atomic mass is 16.5. The Morgan fingerprint density at radius 3 is 2.58 bits per heavy atom. The summed E-state index contributed by atoms with van der Waals surface area (Å²) in [6, 6.07) is 13.1. The molecule has 3 nitrogen and oxygen atoms in total. The van der Waals surface area contributed by atoms with Gasteiger partial charge in [0.1, 0.15) is 0 Å². The predicted molar refractivity (Wildman–Crippen MR) is 74.1 cm³/mol. The molecule has 2 aromatic rings. The second-order valence-corrected chi connectivity index (χ2v) is 4.62. The maximum atomic E-state index is 11.8. The number of benzene rings is 1. The van der Waals surface area contributed by atoms with Crippen LogP contribution in [0.3, 0.4) is 0 Å². The first kappa shape index (κ1) is 13.3. The Kier molecular flexibility index (Phi) is 4.29. The number of aromatic nitrogens is 1. The van der Waals surface area contributed by atoms with E-state index in [1.54, 1.807) is 18.3 Å². The number of carbonyl (C=O) groups excluding carboxylic acids is 1. The molecule has 1 unspecified atom stereocenters. The maximum absolute atomic E-state index is 11.8. The number of hydrogen-bond donors (Lipinski definition) is 0. The van der Waals surface area contributed by atoms with Crippen molar-refractivity contribution < 1.29 is 9.53 Å². The van der Waals surface area contributed by atoms with Crippen molar-refractivity contribution in [2.45, 2.75) is 19.8 Å². The molecule has 0 fully saturated rings. The van der Waals surface area contributed by atoms with Crippen molar-refractivity contribution in [2.24, 2.45) is 0 Å². The summed E-state index contributed by atoms with van der Waals surface area (Å²) >= 11 is 0. The van der Waals surface area contributed by atoms with E-state index in [-0.39, 0.29) is 11.9 Å². The van der Waals surface area contributed by atoms with E-state index >= 15 is 0 Å². The molecule has 1 heterocycles. The number of aryl methyl sites for hydroxylation is 1. The third-order valence-electron chi connectivity index (χ3n) is 2.94. The lowest BCUT2D eigenvalue weighted by Crippen LogP contribution is -2.12. The summed E-state index contributed by atoms with van der Waals surface area (Å²) in [5.74, 6) is -0.196. The van der Waals surface area contributed by atoms with Gasteiger partial charge in [0.05, 0.1) is 12.2 Å². The highest BCUT2D eigenvalue weighted by Crippen LogP contribution is 2.13. The lowest BCUT2D eigenvalue weighted by Gasteiger charge is -2.11. The van der Waals surface area contributed by atoms with Crippen molar-refractivity contribution >= 4 is 5.97 Å². The lowest BCUT2D eigenvalue weighted by molar-refractivity contribution is 0.0484. The maximum Gasteiger partial charge on any atom is 0.338 e. The fraction of sp³-hybridized carbons (Fsp3) is 0.250. The number of hydrogen-bond acceptors (Lipinski definition) is 3. The molecular formula is C16H17NO2. The number of esters is 1. The lowest BCUT2D eigenvalue weighted by atomic mass is 10.1. The minimum atomic E-state index is -0.289. The molecule has 0 aliphatic heterocycles. The van der Waals surface area contributed by atoms with Gasteiger partial charge in [0, 0.05) is 17.8 Å². The minimum Gasteiger partial charge on any atom is -0.461 e. The molecule has 0 saturated carbocycles. The van der Waals surface area contributed by atoms with E-state index in [4.69, 9.17) is 4.74 Å². The van der Waals surface area contributed by atoms with Crippen LogP contribution >= 0.6 is 0 Å². The zero-order valence-corrected chi connectivity index (χ0v) is 11.2. The Labute approximate surface area is 113 Å². The number of carbonyl (C=O) groups is 1. The molecule has 0 radical (unpaired) electrons. The van der Waals surface area contributed by atoms with Gasteiger partial charge < -0.3 is 4.74 Å². The zero-order valence-electron chi connectivity index (χ0n) is 11.2. The van der Waals surface area contributed by atoms with Gasteiger partial charge in [0.2, 0.25) is 0 Å². The monoisotopic (exact) mass is 255 g/mol. The second-order valence-electron chi connectivity index (χ2n) is 4.62. The third-order valence-corrected chi connectivity index (χ3v) is 2.94. The Bertz CT molecular complexity index is 534. The van der Waals surface area contributed by atoms with Crippen LogP contribution in [0.15, 0.2) is 48.7 Å². The van der Waals surface area contributed by atoms with E-state index in [9.17, 15) is 4.79 Å². The highest BCUT2D eigenvalue weighted by molar-refractivity contribution is 5.89. The smallest absolute Gasteiger partial charge is 0.338 e. The molecule has 2 rings (SSSR count). The summed E-state index contributed by atoms with van der Waals surface area (Å²) in [7, 11) is 0. The largest absolute Gasteiger partial charge is 0.461 e. The number of nitrogens with zero attached hydrogens (tertiary/aromatic N) is 1. The number of pyridine rings is 1. The first-order valence-corrected chi connectivity index (χ1v) is 6.31. The van der Waals surface area contributed by atoms with Crippen LogP contribution in [-0.2, 0) is 4.74 Å². The van der Waals surface area contributed by atoms with Gasteiger partial charge in [0.15, 0.2) is 0 Å². The fourth-order valence-electron chi connectivity index (χ4n) is 1.73. The molecule has 0 N–H and O–H groups in total. The topological polar surface area (TPSA) is 39.2 Å². The van der Waals surface area contributed by atoms with Crippen molar-refractivity contribution in [1.82, 2.24) is 4.98 Å². The van der Waals surface area contributed by atoms with Gasteiger partial charge in [-0.1, -0.05) is 30.7 Å². The van der Waals surface area contributed by atoms with E-state index < -0.39 is 0 Å². The summed E-state index contributed by atoms with van der Waals surface area (Å²) in [4.78, 5) is 16.1. The molecule has 0 amide bonds. The summed E-state index contributed by atoms with van der Waals surface area (Å²) < 4.78 is 5.31. The molecule has 1 aromatic heterocycles. The standard InChI is InChI=1S/C16H17NO2/c1-12-6-8-14(9-7-12)16(18)19-11-13(2)15-5-3-4-10-17-15/h3-10,13H,11H2,1-2H3. The third kappa shape index (κ3) is 3.65. The molecule has 3 heteroatoms. The van der Waals surface area contributed by atoms with Crippen molar-refractivity contribution in [1.29, 1.82) is 0 Å². The molecular weight excluding hydrogens is 238 g/mol. The molecule has 19 heavy (non-hydrogen) atoms. The Morgan fingerprint density at radius 1 is 1.21 bits per heavy atom. The zero-order chi connectivity index (χ0) is 13.7. The quantitative estimate of drug-likeness (QED) is 0.786. The van der Waals surface area contributed by atoms with E-state index in [0.717, 1.165) is 11.3 Å². The van der Waals surface area contributed by atoms with E-state index in [2.05, 4.69) is 4.98 Å². The first-order valence-electron chi connectivity index (χ1n) is 6.31. The average molecular weight is 255 g/mol. The minimum absolute atomic E-state index is 0.0931. The van der Waals surface area contributed by atoms with Gasteiger partial charge in [-0.25, -0.2) is 4.79 Å². The predicted octanol–water partition coefficient (Wildman–Crippen LogP) is 3.35. The Hall–Kier alpha value is -2.16. The number of ether oxygens (including phenoxy) is 1. The van der Waals surface area contributed by atoms with Crippen LogP contribution in [0, 0.1) is 6.92 Å². The van der Waals surface area contributed by atoms with Crippen LogP contribution in [-0.4, -0.2) is 17.6 Å². The van der Waals surface area contributed by atoms with Gasteiger partial charge in [-0.05, 0) is 31.2 Å². The van der Waals surface area contributed by atoms with Crippen LogP contribution in [0.2, 0.25) is 0 Å². The molecule has 0 bridgehead atoms. The normalized spacial score (nSPS) is 11.9. The van der Waals surface area contributed by atoms with Crippen LogP contribution in [0.25, 0.3) is 0 Å². The molecule has 0 aliphatic carbocycles. The van der Waals surface area contributed by atoms with E-state index in [1.165, 1.54) is 0 Å². The highest BCUT2D eigenvalue weighted by Gasteiger charge is 2.11. The van der Waals surface area contributed by atoms with Gasteiger partial charge in [-0.15, -0.1) is 0 Å². The summed E-state index contributed by atoms with van der Waals surface area (Å²) in [6.45, 7) is 4.31. The summed E-state index contributed by atoms with van der Waals surface area (Å²) in [6.07, 6.45) is 1.74. The van der Waals surface area contributed by atoms with Crippen molar-refractivity contribution in [2.75, 3.05) is 6.61 Å². The Morgan fingerprint density at radius 2 is 1.95 bits per heavy atom. The van der Waals surface area contributed by atoms with Gasteiger partial charge >= 0.3 is 5.97 Å². The van der Waals surface area contributed by atoms with Crippen LogP contribution in [0.5, 0.6) is 0 Å². The van der Waals surface area contributed by atoms with Crippen molar-refractivity contribution in [3.05, 3.63) is 65.5 Å². The summed E-state index contributed by atoms with van der Waals surface area (Å²) in [5.41, 5.74) is 2.64. The SMILES string of the molecule is Cc1ccc(C(=O)OCC(C)c2ccccn2)cc1. The average Bonchev–Trinajstić information content (AvgIpc) is 2.46. The molecule has 0 spiro atoms. The summed E-state index contributed by atoms with van der Waals surface area (Å²) in [5, 5.41) is 0. The van der Waals surface area contributed by atoms with Crippen LogP contribution < -0.4 is 0 Å². The van der Waals surface area contributed by atoms with Gasteiger partial charge in [-0.3, -0.25) is 4.98 Å². The van der Waals surface area contributed by atoms with Gasteiger partial charge in [0.25, 0.3) is 0 Å².